The molecule has 0 saturated carbocycles. The minimum atomic E-state index is -0.320. The van der Waals surface area contributed by atoms with Gasteiger partial charge in [-0.05, 0) is 35.9 Å². The fourth-order valence-corrected chi connectivity index (χ4v) is 2.65. The first-order valence-electron chi connectivity index (χ1n) is 8.65. The maximum atomic E-state index is 12.7. The molecule has 2 N–H and O–H groups in total. The number of anilines is 2. The van der Waals surface area contributed by atoms with Gasteiger partial charge in [0.2, 0.25) is 0 Å². The van der Waals surface area contributed by atoms with Gasteiger partial charge in [-0.2, -0.15) is 0 Å². The van der Waals surface area contributed by atoms with Crippen molar-refractivity contribution in [3.8, 4) is 0 Å². The lowest BCUT2D eigenvalue weighted by molar-refractivity contribution is 0.0993. The Labute approximate surface area is 158 Å². The van der Waals surface area contributed by atoms with Gasteiger partial charge in [-0.3, -0.25) is 4.79 Å². The SMILES string of the molecule is CN(C(=O)c1cccc(NC(=O)NCc2ccccc2)c1)c1ccccc1. The zero-order valence-corrected chi connectivity index (χ0v) is 15.1. The molecule has 0 bridgehead atoms. The van der Waals surface area contributed by atoms with Crippen LogP contribution in [-0.4, -0.2) is 19.0 Å². The van der Waals surface area contributed by atoms with E-state index in [4.69, 9.17) is 0 Å². The summed E-state index contributed by atoms with van der Waals surface area (Å²) in [6.45, 7) is 0.433. The molecule has 3 aromatic carbocycles. The molecule has 0 spiro atoms. The first kappa shape index (κ1) is 18.2. The van der Waals surface area contributed by atoms with Gasteiger partial charge in [-0.1, -0.05) is 54.6 Å². The molecule has 0 unspecified atom stereocenters. The van der Waals surface area contributed by atoms with Crippen LogP contribution in [0, 0.1) is 0 Å². The molecule has 5 nitrogen and oxygen atoms in total. The lowest BCUT2D eigenvalue weighted by Gasteiger charge is -2.17. The molecular weight excluding hydrogens is 338 g/mol. The van der Waals surface area contributed by atoms with E-state index in [2.05, 4.69) is 10.6 Å². The van der Waals surface area contributed by atoms with E-state index in [9.17, 15) is 9.59 Å². The highest BCUT2D eigenvalue weighted by atomic mass is 16.2. The predicted octanol–water partition coefficient (Wildman–Crippen LogP) is 4.28. The summed E-state index contributed by atoms with van der Waals surface area (Å²) in [4.78, 5) is 26.4. The number of amides is 3. The summed E-state index contributed by atoms with van der Waals surface area (Å²) in [6.07, 6.45) is 0. The molecule has 0 aliphatic rings. The molecule has 0 atom stereocenters. The minimum absolute atomic E-state index is 0.144. The van der Waals surface area contributed by atoms with Crippen LogP contribution >= 0.6 is 0 Å². The monoisotopic (exact) mass is 359 g/mol. The first-order chi connectivity index (χ1) is 13.1. The molecule has 27 heavy (non-hydrogen) atoms. The molecule has 0 radical (unpaired) electrons. The number of hydrogen-bond acceptors (Lipinski definition) is 2. The van der Waals surface area contributed by atoms with Crippen molar-refractivity contribution in [2.24, 2.45) is 0 Å². The molecule has 3 rings (SSSR count). The van der Waals surface area contributed by atoms with Crippen molar-refractivity contribution < 1.29 is 9.59 Å². The number of benzene rings is 3. The number of rotatable bonds is 5. The number of hydrogen-bond donors (Lipinski definition) is 2. The van der Waals surface area contributed by atoms with E-state index < -0.39 is 0 Å². The van der Waals surface area contributed by atoms with Crippen molar-refractivity contribution in [2.75, 3.05) is 17.3 Å². The molecule has 0 heterocycles. The average molecular weight is 359 g/mol. The van der Waals surface area contributed by atoms with Crippen molar-refractivity contribution in [1.29, 1.82) is 0 Å². The Bertz CT molecular complexity index is 911. The summed E-state index contributed by atoms with van der Waals surface area (Å²) in [6, 6.07) is 25.7. The maximum Gasteiger partial charge on any atom is 0.319 e. The van der Waals surface area contributed by atoms with E-state index >= 15 is 0 Å². The molecule has 0 aliphatic heterocycles. The molecule has 3 aromatic rings. The first-order valence-corrected chi connectivity index (χ1v) is 8.65. The lowest BCUT2D eigenvalue weighted by atomic mass is 10.1. The van der Waals surface area contributed by atoms with Crippen molar-refractivity contribution in [3.05, 3.63) is 96.1 Å². The van der Waals surface area contributed by atoms with Gasteiger partial charge in [-0.25, -0.2) is 4.79 Å². The summed E-state index contributed by atoms with van der Waals surface area (Å²) >= 11 is 0. The van der Waals surface area contributed by atoms with Gasteiger partial charge in [-0.15, -0.1) is 0 Å². The van der Waals surface area contributed by atoms with E-state index in [-0.39, 0.29) is 11.9 Å². The second-order valence-electron chi connectivity index (χ2n) is 6.07. The fraction of sp³-hybridized carbons (Fsp3) is 0.0909. The van der Waals surface area contributed by atoms with E-state index in [0.717, 1.165) is 11.3 Å². The highest BCUT2D eigenvalue weighted by molar-refractivity contribution is 6.06. The molecule has 0 fully saturated rings. The fourth-order valence-electron chi connectivity index (χ4n) is 2.65. The van der Waals surface area contributed by atoms with Crippen LogP contribution in [0.5, 0.6) is 0 Å². The quantitative estimate of drug-likeness (QED) is 0.714. The van der Waals surface area contributed by atoms with Gasteiger partial charge in [0.05, 0.1) is 0 Å². The van der Waals surface area contributed by atoms with Crippen LogP contribution in [0.3, 0.4) is 0 Å². The maximum absolute atomic E-state index is 12.7. The van der Waals surface area contributed by atoms with Gasteiger partial charge < -0.3 is 15.5 Å². The Hall–Kier alpha value is -3.60. The molecule has 3 amide bonds. The Kier molecular flexibility index (Phi) is 5.84. The van der Waals surface area contributed by atoms with Gasteiger partial charge in [0.1, 0.15) is 0 Å². The Morgan fingerprint density at radius 1 is 0.852 bits per heavy atom. The van der Waals surface area contributed by atoms with Crippen molar-refractivity contribution in [2.45, 2.75) is 6.54 Å². The van der Waals surface area contributed by atoms with Crippen molar-refractivity contribution in [3.63, 3.8) is 0 Å². The van der Waals surface area contributed by atoms with Crippen molar-refractivity contribution in [1.82, 2.24) is 5.32 Å². The zero-order chi connectivity index (χ0) is 19.1. The largest absolute Gasteiger partial charge is 0.334 e. The third-order valence-electron chi connectivity index (χ3n) is 4.11. The normalized spacial score (nSPS) is 10.1. The van der Waals surface area contributed by atoms with Crippen molar-refractivity contribution >= 4 is 23.3 Å². The second kappa shape index (κ2) is 8.67. The predicted molar refractivity (Wildman–Crippen MR) is 108 cm³/mol. The molecule has 0 aromatic heterocycles. The molecular formula is C22H21N3O2. The number of urea groups is 1. The van der Waals surface area contributed by atoms with Gasteiger partial charge in [0.25, 0.3) is 5.91 Å². The highest BCUT2D eigenvalue weighted by Gasteiger charge is 2.14. The number of para-hydroxylation sites is 1. The van der Waals surface area contributed by atoms with E-state index in [1.165, 1.54) is 0 Å². The Balaban J connectivity index is 1.63. The van der Waals surface area contributed by atoms with Crippen LogP contribution in [0.4, 0.5) is 16.2 Å². The summed E-state index contributed by atoms with van der Waals surface area (Å²) in [5.74, 6) is -0.144. The lowest BCUT2D eigenvalue weighted by Crippen LogP contribution is -2.29. The smallest absolute Gasteiger partial charge is 0.319 e. The van der Waals surface area contributed by atoms with Crippen LogP contribution in [0.15, 0.2) is 84.9 Å². The van der Waals surface area contributed by atoms with Gasteiger partial charge in [0.15, 0.2) is 0 Å². The molecule has 0 aliphatic carbocycles. The second-order valence-corrected chi connectivity index (χ2v) is 6.07. The summed E-state index contributed by atoms with van der Waals surface area (Å²) < 4.78 is 0. The van der Waals surface area contributed by atoms with Gasteiger partial charge in [0, 0.05) is 30.5 Å². The number of nitrogens with one attached hydrogen (secondary N) is 2. The third kappa shape index (κ3) is 4.95. The van der Waals surface area contributed by atoms with E-state index in [1.807, 2.05) is 60.7 Å². The topological polar surface area (TPSA) is 61.4 Å². The minimum Gasteiger partial charge on any atom is -0.334 e. The standard InChI is InChI=1S/C22H21N3O2/c1-25(20-13-6-3-7-14-20)21(26)18-11-8-12-19(15-18)24-22(27)23-16-17-9-4-2-5-10-17/h2-15H,16H2,1H3,(H2,23,24,27). The molecule has 0 saturated heterocycles. The summed E-state index contributed by atoms with van der Waals surface area (Å²) in [5, 5.41) is 5.56. The Morgan fingerprint density at radius 2 is 1.52 bits per heavy atom. The Morgan fingerprint density at radius 3 is 2.22 bits per heavy atom. The third-order valence-corrected chi connectivity index (χ3v) is 4.11. The van der Waals surface area contributed by atoms with E-state index in [1.54, 1.807) is 36.2 Å². The average Bonchev–Trinajstić information content (AvgIpc) is 2.73. The number of carbonyl (C=O) groups is 2. The summed E-state index contributed by atoms with van der Waals surface area (Å²) in [5.41, 5.74) is 2.89. The van der Waals surface area contributed by atoms with E-state index in [0.29, 0.717) is 17.8 Å². The van der Waals surface area contributed by atoms with Gasteiger partial charge >= 0.3 is 6.03 Å². The van der Waals surface area contributed by atoms with Crippen LogP contribution in [0.2, 0.25) is 0 Å². The highest BCUT2D eigenvalue weighted by Crippen LogP contribution is 2.17. The van der Waals surface area contributed by atoms with Crippen LogP contribution < -0.4 is 15.5 Å². The molecule has 136 valence electrons. The van der Waals surface area contributed by atoms with Crippen LogP contribution in [0.1, 0.15) is 15.9 Å². The summed E-state index contributed by atoms with van der Waals surface area (Å²) in [7, 11) is 1.73. The number of carbonyl (C=O) groups excluding carboxylic acids is 2. The van der Waals surface area contributed by atoms with Crippen LogP contribution in [0.25, 0.3) is 0 Å². The molecule has 5 heteroatoms. The zero-order valence-electron chi connectivity index (χ0n) is 15.1. The number of nitrogens with zero attached hydrogens (tertiary/aromatic N) is 1. The van der Waals surface area contributed by atoms with Crippen LogP contribution in [-0.2, 0) is 6.54 Å².